The SMILES string of the molecule is Cn1cc(C(CN)Cc2ccc(O)c(Cl)c2)c2ccccc21. The molecule has 0 radical (unpaired) electrons. The van der Waals surface area contributed by atoms with Crippen LogP contribution in [-0.2, 0) is 13.5 Å². The largest absolute Gasteiger partial charge is 0.506 e. The maximum absolute atomic E-state index is 9.54. The first-order valence-electron chi connectivity index (χ1n) is 7.31. The van der Waals surface area contributed by atoms with Gasteiger partial charge in [-0.1, -0.05) is 35.9 Å². The molecule has 0 aliphatic heterocycles. The average Bonchev–Trinajstić information content (AvgIpc) is 2.86. The summed E-state index contributed by atoms with van der Waals surface area (Å²) in [4.78, 5) is 0. The smallest absolute Gasteiger partial charge is 0.134 e. The van der Waals surface area contributed by atoms with Gasteiger partial charge in [-0.25, -0.2) is 0 Å². The van der Waals surface area contributed by atoms with Crippen LogP contribution in [-0.4, -0.2) is 16.2 Å². The quantitative estimate of drug-likeness (QED) is 0.769. The summed E-state index contributed by atoms with van der Waals surface area (Å²) in [5.74, 6) is 0.326. The number of phenols is 1. The third kappa shape index (κ3) is 2.70. The van der Waals surface area contributed by atoms with Crippen molar-refractivity contribution in [2.75, 3.05) is 6.54 Å². The minimum Gasteiger partial charge on any atom is -0.506 e. The Labute approximate surface area is 134 Å². The highest BCUT2D eigenvalue weighted by Gasteiger charge is 2.17. The fourth-order valence-corrected chi connectivity index (χ4v) is 3.18. The van der Waals surface area contributed by atoms with Crippen LogP contribution in [0.25, 0.3) is 10.9 Å². The Morgan fingerprint density at radius 1 is 1.23 bits per heavy atom. The molecule has 114 valence electrons. The molecule has 3 rings (SSSR count). The lowest BCUT2D eigenvalue weighted by Gasteiger charge is -2.15. The molecular formula is C18H19ClN2O. The summed E-state index contributed by atoms with van der Waals surface area (Å²) in [6.45, 7) is 0.562. The molecule has 0 aliphatic rings. The van der Waals surface area contributed by atoms with Crippen molar-refractivity contribution in [1.82, 2.24) is 4.57 Å². The molecule has 0 saturated heterocycles. The van der Waals surface area contributed by atoms with E-state index in [2.05, 4.69) is 36.0 Å². The maximum Gasteiger partial charge on any atom is 0.134 e. The van der Waals surface area contributed by atoms with E-state index in [4.69, 9.17) is 17.3 Å². The van der Waals surface area contributed by atoms with Crippen molar-refractivity contribution in [1.29, 1.82) is 0 Å². The van der Waals surface area contributed by atoms with Gasteiger partial charge in [-0.3, -0.25) is 0 Å². The lowest BCUT2D eigenvalue weighted by atomic mass is 9.92. The van der Waals surface area contributed by atoms with Crippen molar-refractivity contribution in [3.63, 3.8) is 0 Å². The Kier molecular flexibility index (Phi) is 4.10. The van der Waals surface area contributed by atoms with Gasteiger partial charge >= 0.3 is 0 Å². The van der Waals surface area contributed by atoms with Gasteiger partial charge in [0.05, 0.1) is 5.02 Å². The molecular weight excluding hydrogens is 296 g/mol. The summed E-state index contributed by atoms with van der Waals surface area (Å²) in [6, 6.07) is 13.7. The van der Waals surface area contributed by atoms with Gasteiger partial charge in [-0.2, -0.15) is 0 Å². The predicted octanol–water partition coefficient (Wildman–Crippen LogP) is 3.82. The van der Waals surface area contributed by atoms with Gasteiger partial charge in [-0.05, 0) is 42.3 Å². The third-order valence-electron chi connectivity index (χ3n) is 4.15. The molecule has 2 aromatic carbocycles. The molecule has 1 unspecified atom stereocenters. The van der Waals surface area contributed by atoms with Gasteiger partial charge in [0.1, 0.15) is 5.75 Å². The zero-order chi connectivity index (χ0) is 15.7. The number of rotatable bonds is 4. The van der Waals surface area contributed by atoms with Gasteiger partial charge in [0.25, 0.3) is 0 Å². The van der Waals surface area contributed by atoms with Gasteiger partial charge < -0.3 is 15.4 Å². The second-order valence-electron chi connectivity index (χ2n) is 5.64. The molecule has 0 saturated carbocycles. The highest BCUT2D eigenvalue weighted by atomic mass is 35.5. The van der Waals surface area contributed by atoms with Gasteiger partial charge in [-0.15, -0.1) is 0 Å². The number of para-hydroxylation sites is 1. The van der Waals surface area contributed by atoms with E-state index in [9.17, 15) is 5.11 Å². The number of nitrogens with two attached hydrogens (primary N) is 1. The zero-order valence-corrected chi connectivity index (χ0v) is 13.2. The number of phenolic OH excluding ortho intramolecular Hbond substituents is 1. The molecule has 0 bridgehead atoms. The number of benzene rings is 2. The molecule has 22 heavy (non-hydrogen) atoms. The number of aromatic nitrogens is 1. The summed E-state index contributed by atoms with van der Waals surface area (Å²) < 4.78 is 2.14. The van der Waals surface area contributed by atoms with Crippen molar-refractivity contribution in [3.8, 4) is 5.75 Å². The lowest BCUT2D eigenvalue weighted by molar-refractivity contribution is 0.475. The fraction of sp³-hybridized carbons (Fsp3) is 0.222. The Morgan fingerprint density at radius 2 is 2.00 bits per heavy atom. The van der Waals surface area contributed by atoms with Crippen molar-refractivity contribution in [3.05, 3.63) is 64.8 Å². The van der Waals surface area contributed by atoms with E-state index in [0.29, 0.717) is 11.6 Å². The van der Waals surface area contributed by atoms with Gasteiger partial charge in [0, 0.05) is 30.1 Å². The van der Waals surface area contributed by atoms with Crippen molar-refractivity contribution >= 4 is 22.5 Å². The van der Waals surface area contributed by atoms with E-state index in [0.717, 1.165) is 12.0 Å². The van der Waals surface area contributed by atoms with Crippen LogP contribution < -0.4 is 5.73 Å². The molecule has 1 aromatic heterocycles. The topological polar surface area (TPSA) is 51.2 Å². The summed E-state index contributed by atoms with van der Waals surface area (Å²) in [5, 5.41) is 11.2. The third-order valence-corrected chi connectivity index (χ3v) is 4.45. The fourth-order valence-electron chi connectivity index (χ4n) is 2.98. The molecule has 3 aromatic rings. The Hall–Kier alpha value is -1.97. The number of fused-ring (bicyclic) bond motifs is 1. The molecule has 4 heteroatoms. The minimum absolute atomic E-state index is 0.111. The molecule has 3 nitrogen and oxygen atoms in total. The minimum atomic E-state index is 0.111. The van der Waals surface area contributed by atoms with Crippen LogP contribution in [0.15, 0.2) is 48.7 Å². The van der Waals surface area contributed by atoms with Crippen molar-refractivity contribution in [2.45, 2.75) is 12.3 Å². The summed E-state index contributed by atoms with van der Waals surface area (Å²) in [5.41, 5.74) is 9.57. The average molecular weight is 315 g/mol. The first-order chi connectivity index (χ1) is 10.6. The summed E-state index contributed by atoms with van der Waals surface area (Å²) >= 11 is 6.00. The molecule has 3 N–H and O–H groups in total. The molecule has 0 spiro atoms. The van der Waals surface area contributed by atoms with Crippen LogP contribution in [0.3, 0.4) is 0 Å². The van der Waals surface area contributed by atoms with E-state index in [1.807, 2.05) is 18.2 Å². The van der Waals surface area contributed by atoms with Crippen molar-refractivity contribution in [2.24, 2.45) is 12.8 Å². The van der Waals surface area contributed by atoms with Gasteiger partial charge in [0.15, 0.2) is 0 Å². The number of nitrogens with zero attached hydrogens (tertiary/aromatic N) is 1. The van der Waals surface area contributed by atoms with E-state index in [-0.39, 0.29) is 11.7 Å². The van der Waals surface area contributed by atoms with Crippen LogP contribution >= 0.6 is 11.6 Å². The second kappa shape index (κ2) is 6.03. The number of aryl methyl sites for hydroxylation is 1. The molecule has 0 aliphatic carbocycles. The van der Waals surface area contributed by atoms with Crippen LogP contribution in [0.4, 0.5) is 0 Å². The van der Waals surface area contributed by atoms with E-state index < -0.39 is 0 Å². The predicted molar refractivity (Wildman–Crippen MR) is 91.5 cm³/mol. The van der Waals surface area contributed by atoms with E-state index in [1.165, 1.54) is 16.5 Å². The number of aromatic hydroxyl groups is 1. The zero-order valence-electron chi connectivity index (χ0n) is 12.5. The normalized spacial score (nSPS) is 12.7. The lowest BCUT2D eigenvalue weighted by Crippen LogP contribution is -2.14. The first-order valence-corrected chi connectivity index (χ1v) is 7.69. The molecule has 1 heterocycles. The highest BCUT2D eigenvalue weighted by molar-refractivity contribution is 6.32. The number of hydrogen-bond acceptors (Lipinski definition) is 2. The monoisotopic (exact) mass is 314 g/mol. The Balaban J connectivity index is 1.97. The Bertz CT molecular complexity index is 810. The number of hydrogen-bond donors (Lipinski definition) is 2. The molecule has 0 fully saturated rings. The highest BCUT2D eigenvalue weighted by Crippen LogP contribution is 2.31. The summed E-state index contributed by atoms with van der Waals surface area (Å²) in [6.07, 6.45) is 2.95. The first kappa shape index (κ1) is 14.9. The molecule has 1 atom stereocenters. The van der Waals surface area contributed by atoms with Crippen molar-refractivity contribution < 1.29 is 5.11 Å². The van der Waals surface area contributed by atoms with Gasteiger partial charge in [0.2, 0.25) is 0 Å². The molecule has 0 amide bonds. The van der Waals surface area contributed by atoms with Crippen LogP contribution in [0, 0.1) is 0 Å². The second-order valence-corrected chi connectivity index (χ2v) is 6.04. The van der Waals surface area contributed by atoms with Crippen LogP contribution in [0.2, 0.25) is 5.02 Å². The Morgan fingerprint density at radius 3 is 2.73 bits per heavy atom. The standard InChI is InChI=1S/C18H19ClN2O/c1-21-11-15(14-4-2-3-5-17(14)21)13(10-20)8-12-6-7-18(22)16(19)9-12/h2-7,9,11,13,22H,8,10,20H2,1H3. The van der Waals surface area contributed by atoms with Crippen LogP contribution in [0.5, 0.6) is 5.75 Å². The summed E-state index contributed by atoms with van der Waals surface area (Å²) in [7, 11) is 2.05. The van der Waals surface area contributed by atoms with Crippen LogP contribution in [0.1, 0.15) is 17.0 Å². The van der Waals surface area contributed by atoms with E-state index in [1.54, 1.807) is 6.07 Å². The number of halogens is 1. The van der Waals surface area contributed by atoms with E-state index >= 15 is 0 Å². The maximum atomic E-state index is 9.54.